The van der Waals surface area contributed by atoms with E-state index in [1.807, 2.05) is 6.07 Å². The zero-order valence-electron chi connectivity index (χ0n) is 9.85. The quantitative estimate of drug-likeness (QED) is 0.750. The molecule has 1 heterocycles. The van der Waals surface area contributed by atoms with Gasteiger partial charge in [-0.15, -0.1) is 0 Å². The highest BCUT2D eigenvalue weighted by atomic mass is 16.5. The summed E-state index contributed by atoms with van der Waals surface area (Å²) in [5, 5.41) is 0. The van der Waals surface area contributed by atoms with Gasteiger partial charge in [-0.2, -0.15) is 0 Å². The first kappa shape index (κ1) is 11.9. The van der Waals surface area contributed by atoms with Crippen molar-refractivity contribution in [3.63, 3.8) is 0 Å². The highest BCUT2D eigenvalue weighted by Gasteiger charge is 2.16. The smallest absolute Gasteiger partial charge is 0.337 e. The normalized spacial score (nSPS) is 19.0. The van der Waals surface area contributed by atoms with Crippen molar-refractivity contribution < 1.29 is 19.0 Å². The third-order valence-corrected chi connectivity index (χ3v) is 2.72. The van der Waals surface area contributed by atoms with Crippen LogP contribution in [0.4, 0.5) is 0 Å². The molecule has 0 unspecified atom stereocenters. The zero-order valence-corrected chi connectivity index (χ0v) is 9.85. The number of esters is 1. The van der Waals surface area contributed by atoms with Gasteiger partial charge in [-0.3, -0.25) is 0 Å². The van der Waals surface area contributed by atoms with Gasteiger partial charge in [0.25, 0.3) is 0 Å². The van der Waals surface area contributed by atoms with Crippen molar-refractivity contribution in [3.05, 3.63) is 29.8 Å². The Kier molecular flexibility index (Phi) is 3.98. The van der Waals surface area contributed by atoms with Gasteiger partial charge in [0.05, 0.1) is 18.8 Å². The average Bonchev–Trinajstić information content (AvgIpc) is 2.89. The van der Waals surface area contributed by atoms with Crippen LogP contribution in [0.1, 0.15) is 23.2 Å². The van der Waals surface area contributed by atoms with Gasteiger partial charge in [0.2, 0.25) is 0 Å². The van der Waals surface area contributed by atoms with E-state index in [1.165, 1.54) is 7.11 Å². The molecule has 0 N–H and O–H groups in total. The first-order valence-electron chi connectivity index (χ1n) is 5.72. The molecule has 0 saturated carbocycles. The van der Waals surface area contributed by atoms with Crippen molar-refractivity contribution in [2.24, 2.45) is 0 Å². The van der Waals surface area contributed by atoms with E-state index in [-0.39, 0.29) is 12.1 Å². The van der Waals surface area contributed by atoms with Crippen molar-refractivity contribution in [1.82, 2.24) is 0 Å². The van der Waals surface area contributed by atoms with Gasteiger partial charge in [-0.25, -0.2) is 4.79 Å². The van der Waals surface area contributed by atoms with Gasteiger partial charge < -0.3 is 14.2 Å². The molecule has 4 nitrogen and oxygen atoms in total. The minimum absolute atomic E-state index is 0.178. The maximum absolute atomic E-state index is 11.3. The molecule has 1 aromatic carbocycles. The van der Waals surface area contributed by atoms with Crippen LogP contribution in [0.2, 0.25) is 0 Å². The number of rotatable bonds is 4. The monoisotopic (exact) mass is 236 g/mol. The van der Waals surface area contributed by atoms with Crippen LogP contribution in [0.5, 0.6) is 5.75 Å². The number of carbonyl (C=O) groups excluding carboxylic acids is 1. The summed E-state index contributed by atoms with van der Waals surface area (Å²) in [4.78, 5) is 11.3. The molecule has 92 valence electrons. The summed E-state index contributed by atoms with van der Waals surface area (Å²) >= 11 is 0. The second kappa shape index (κ2) is 5.68. The fourth-order valence-corrected chi connectivity index (χ4v) is 1.80. The van der Waals surface area contributed by atoms with Crippen LogP contribution in [0.3, 0.4) is 0 Å². The fraction of sp³-hybridized carbons (Fsp3) is 0.462. The SMILES string of the molecule is COC(=O)c1cccc(OC[C@H]2CCCO2)c1. The molecule has 1 aliphatic heterocycles. The standard InChI is InChI=1S/C13H16O4/c1-15-13(14)10-4-2-5-11(8-10)17-9-12-6-3-7-16-12/h2,4-5,8,12H,3,6-7,9H2,1H3/t12-/m1/s1. The van der Waals surface area contributed by atoms with Crippen LogP contribution in [0, 0.1) is 0 Å². The summed E-state index contributed by atoms with van der Waals surface area (Å²) in [5.41, 5.74) is 0.498. The van der Waals surface area contributed by atoms with Gasteiger partial charge in [-0.05, 0) is 31.0 Å². The van der Waals surface area contributed by atoms with Crippen molar-refractivity contribution in [2.45, 2.75) is 18.9 Å². The Morgan fingerprint density at radius 2 is 2.41 bits per heavy atom. The summed E-state index contributed by atoms with van der Waals surface area (Å²) < 4.78 is 15.7. The average molecular weight is 236 g/mol. The lowest BCUT2D eigenvalue weighted by Crippen LogP contribution is -2.16. The van der Waals surface area contributed by atoms with Crippen LogP contribution >= 0.6 is 0 Å². The highest BCUT2D eigenvalue weighted by Crippen LogP contribution is 2.17. The summed E-state index contributed by atoms with van der Waals surface area (Å²) in [5.74, 6) is 0.316. The minimum Gasteiger partial charge on any atom is -0.491 e. The third kappa shape index (κ3) is 3.20. The largest absolute Gasteiger partial charge is 0.491 e. The van der Waals surface area contributed by atoms with Crippen molar-refractivity contribution in [3.8, 4) is 5.75 Å². The number of ether oxygens (including phenoxy) is 3. The van der Waals surface area contributed by atoms with E-state index in [9.17, 15) is 4.79 Å². The molecule has 2 rings (SSSR count). The molecule has 0 amide bonds. The molecular formula is C13H16O4. The topological polar surface area (TPSA) is 44.8 Å². The summed E-state index contributed by atoms with van der Waals surface area (Å²) in [6, 6.07) is 6.98. The molecule has 1 aromatic rings. The molecule has 4 heteroatoms. The number of benzene rings is 1. The Bertz CT molecular complexity index is 383. The molecule has 1 saturated heterocycles. The summed E-state index contributed by atoms with van der Waals surface area (Å²) in [6.07, 6.45) is 2.31. The summed E-state index contributed by atoms with van der Waals surface area (Å²) in [7, 11) is 1.36. The molecule has 0 bridgehead atoms. The van der Waals surface area contributed by atoms with Crippen molar-refractivity contribution in [1.29, 1.82) is 0 Å². The Hall–Kier alpha value is -1.55. The van der Waals surface area contributed by atoms with E-state index in [4.69, 9.17) is 9.47 Å². The fourth-order valence-electron chi connectivity index (χ4n) is 1.80. The number of hydrogen-bond acceptors (Lipinski definition) is 4. The third-order valence-electron chi connectivity index (χ3n) is 2.72. The Balaban J connectivity index is 1.93. The maximum Gasteiger partial charge on any atom is 0.337 e. The molecular weight excluding hydrogens is 220 g/mol. The van der Waals surface area contributed by atoms with Gasteiger partial charge >= 0.3 is 5.97 Å². The maximum atomic E-state index is 11.3. The van der Waals surface area contributed by atoms with Gasteiger partial charge in [0.1, 0.15) is 12.4 Å². The predicted molar refractivity (Wildman–Crippen MR) is 62.3 cm³/mol. The number of methoxy groups -OCH3 is 1. The second-order valence-corrected chi connectivity index (χ2v) is 3.97. The number of carbonyl (C=O) groups is 1. The zero-order chi connectivity index (χ0) is 12.1. The Morgan fingerprint density at radius 1 is 1.53 bits per heavy atom. The van der Waals surface area contributed by atoms with Gasteiger partial charge in [0.15, 0.2) is 0 Å². The Labute approximate surface area is 100 Å². The lowest BCUT2D eigenvalue weighted by Gasteiger charge is -2.11. The van der Waals surface area contributed by atoms with E-state index in [0.717, 1.165) is 19.4 Å². The van der Waals surface area contributed by atoms with Crippen LogP contribution in [-0.4, -0.2) is 32.4 Å². The highest BCUT2D eigenvalue weighted by molar-refractivity contribution is 5.89. The van der Waals surface area contributed by atoms with Crippen LogP contribution in [-0.2, 0) is 9.47 Å². The van der Waals surface area contributed by atoms with Crippen LogP contribution < -0.4 is 4.74 Å². The lowest BCUT2D eigenvalue weighted by molar-refractivity contribution is 0.0598. The van der Waals surface area contributed by atoms with Crippen LogP contribution in [0.15, 0.2) is 24.3 Å². The van der Waals surface area contributed by atoms with Gasteiger partial charge in [0, 0.05) is 6.61 Å². The summed E-state index contributed by atoms with van der Waals surface area (Å²) in [6.45, 7) is 1.35. The first-order valence-corrected chi connectivity index (χ1v) is 5.72. The number of hydrogen-bond donors (Lipinski definition) is 0. The molecule has 0 radical (unpaired) electrons. The molecule has 1 aliphatic rings. The molecule has 1 atom stereocenters. The molecule has 1 fully saturated rings. The lowest BCUT2D eigenvalue weighted by atomic mass is 10.2. The molecule has 0 aromatic heterocycles. The van der Waals surface area contributed by atoms with Gasteiger partial charge in [-0.1, -0.05) is 6.07 Å². The van der Waals surface area contributed by atoms with Crippen LogP contribution in [0.25, 0.3) is 0 Å². The van der Waals surface area contributed by atoms with E-state index < -0.39 is 0 Å². The van der Waals surface area contributed by atoms with Crippen molar-refractivity contribution >= 4 is 5.97 Å². The first-order chi connectivity index (χ1) is 8.29. The Morgan fingerprint density at radius 3 is 3.12 bits per heavy atom. The molecule has 0 spiro atoms. The van der Waals surface area contributed by atoms with E-state index >= 15 is 0 Å². The second-order valence-electron chi connectivity index (χ2n) is 3.97. The molecule has 0 aliphatic carbocycles. The van der Waals surface area contributed by atoms with E-state index in [2.05, 4.69) is 4.74 Å². The molecule has 17 heavy (non-hydrogen) atoms. The predicted octanol–water partition coefficient (Wildman–Crippen LogP) is 2.03. The van der Waals surface area contributed by atoms with E-state index in [0.29, 0.717) is 17.9 Å². The minimum atomic E-state index is -0.354. The van der Waals surface area contributed by atoms with Crippen molar-refractivity contribution in [2.75, 3.05) is 20.3 Å². The van der Waals surface area contributed by atoms with E-state index in [1.54, 1.807) is 18.2 Å².